The molecule has 1 atom stereocenters. The van der Waals surface area contributed by atoms with Crippen LogP contribution in [0.1, 0.15) is 19.3 Å². The Balaban J connectivity index is 1.64. The Morgan fingerprint density at radius 2 is 1.95 bits per heavy atom. The topological polar surface area (TPSA) is 49.4 Å². The first-order valence-electron chi connectivity index (χ1n) is 6.56. The number of anilines is 2. The molecule has 1 saturated carbocycles. The number of nitrogens with one attached hydrogen (secondary N) is 1. The van der Waals surface area contributed by atoms with Crippen molar-refractivity contribution in [3.05, 3.63) is 24.3 Å². The lowest BCUT2D eigenvalue weighted by atomic mass is 10.2. The fourth-order valence-corrected chi connectivity index (χ4v) is 2.88. The quantitative estimate of drug-likeness (QED) is 0.872. The number of rotatable bonds is 3. The summed E-state index contributed by atoms with van der Waals surface area (Å²) >= 11 is 11.7. The smallest absolute Gasteiger partial charge is 0.230 e. The number of carbonyl (C=O) groups excluding carboxylic acids is 2. The summed E-state index contributed by atoms with van der Waals surface area (Å²) in [5.74, 6) is -0.362. The van der Waals surface area contributed by atoms with E-state index in [0.717, 1.165) is 18.7 Å². The van der Waals surface area contributed by atoms with E-state index < -0.39 is 4.33 Å². The summed E-state index contributed by atoms with van der Waals surface area (Å²) in [6.07, 6.45) is 1.99. The van der Waals surface area contributed by atoms with Crippen molar-refractivity contribution in [3.63, 3.8) is 0 Å². The van der Waals surface area contributed by atoms with Crippen molar-refractivity contribution in [1.29, 1.82) is 0 Å². The molecule has 2 amide bonds. The van der Waals surface area contributed by atoms with Gasteiger partial charge in [0.15, 0.2) is 0 Å². The van der Waals surface area contributed by atoms with Crippen LogP contribution in [-0.2, 0) is 9.59 Å². The van der Waals surface area contributed by atoms with Gasteiger partial charge in [-0.2, -0.15) is 0 Å². The predicted molar refractivity (Wildman–Crippen MR) is 79.2 cm³/mol. The predicted octanol–water partition coefficient (Wildman–Crippen LogP) is 2.95. The monoisotopic (exact) mass is 312 g/mol. The molecule has 2 aliphatic rings. The molecule has 0 bridgehead atoms. The zero-order valence-electron chi connectivity index (χ0n) is 10.7. The molecule has 2 fully saturated rings. The lowest BCUT2D eigenvalue weighted by Gasteiger charge is -2.16. The van der Waals surface area contributed by atoms with Gasteiger partial charge < -0.3 is 10.2 Å². The molecule has 1 saturated heterocycles. The minimum absolute atomic E-state index is 0.147. The van der Waals surface area contributed by atoms with Gasteiger partial charge in [0, 0.05) is 24.3 Å². The van der Waals surface area contributed by atoms with E-state index in [4.69, 9.17) is 23.2 Å². The third kappa shape index (κ3) is 2.63. The van der Waals surface area contributed by atoms with Crippen molar-refractivity contribution in [2.45, 2.75) is 23.6 Å². The molecule has 0 radical (unpaired) electrons. The maximum Gasteiger partial charge on any atom is 0.230 e. The van der Waals surface area contributed by atoms with E-state index in [1.54, 1.807) is 17.0 Å². The largest absolute Gasteiger partial charge is 0.326 e. The van der Waals surface area contributed by atoms with Crippen molar-refractivity contribution in [2.75, 3.05) is 16.8 Å². The lowest BCUT2D eigenvalue weighted by molar-refractivity contribution is -0.118. The van der Waals surface area contributed by atoms with E-state index in [1.165, 1.54) is 0 Å². The molecule has 106 valence electrons. The average molecular weight is 313 g/mol. The Hall–Kier alpha value is -1.26. The first kappa shape index (κ1) is 13.7. The van der Waals surface area contributed by atoms with E-state index >= 15 is 0 Å². The van der Waals surface area contributed by atoms with Crippen LogP contribution in [0, 0.1) is 5.92 Å². The van der Waals surface area contributed by atoms with Gasteiger partial charge in [0.05, 0.1) is 5.92 Å². The Labute approximate surface area is 127 Å². The number of amides is 2. The van der Waals surface area contributed by atoms with Gasteiger partial charge >= 0.3 is 0 Å². The van der Waals surface area contributed by atoms with Crippen molar-refractivity contribution in [2.24, 2.45) is 5.92 Å². The second-order valence-corrected chi connectivity index (χ2v) is 6.75. The highest BCUT2D eigenvalue weighted by Crippen LogP contribution is 2.53. The maximum atomic E-state index is 11.8. The standard InChI is InChI=1S/C14H14Cl2N2O2/c15-14(16)8-11(14)13(20)17-9-3-5-10(6-4-9)18-7-1-2-12(18)19/h3-6,11H,1-2,7-8H2,(H,17,20). The van der Waals surface area contributed by atoms with E-state index in [1.807, 2.05) is 12.1 Å². The molecule has 0 spiro atoms. The summed E-state index contributed by atoms with van der Waals surface area (Å²) < 4.78 is -0.911. The maximum absolute atomic E-state index is 11.8. The van der Waals surface area contributed by atoms with Crippen LogP contribution in [0.4, 0.5) is 11.4 Å². The van der Waals surface area contributed by atoms with Gasteiger partial charge in [-0.05, 0) is 37.1 Å². The molecule has 1 aromatic carbocycles. The van der Waals surface area contributed by atoms with Gasteiger partial charge in [-0.25, -0.2) is 0 Å². The highest BCUT2D eigenvalue weighted by Gasteiger charge is 2.56. The van der Waals surface area contributed by atoms with Crippen molar-refractivity contribution in [1.82, 2.24) is 0 Å². The molecule has 4 nitrogen and oxygen atoms in total. The molecule has 1 aromatic rings. The number of alkyl halides is 2. The molecule has 1 unspecified atom stereocenters. The van der Waals surface area contributed by atoms with Crippen LogP contribution in [0.15, 0.2) is 24.3 Å². The molecular formula is C14H14Cl2N2O2. The van der Waals surface area contributed by atoms with Crippen molar-refractivity contribution in [3.8, 4) is 0 Å². The lowest BCUT2D eigenvalue weighted by Crippen LogP contribution is -2.23. The molecule has 1 heterocycles. The van der Waals surface area contributed by atoms with Crippen LogP contribution in [0.25, 0.3) is 0 Å². The normalized spacial score (nSPS) is 23.8. The van der Waals surface area contributed by atoms with Crippen LogP contribution < -0.4 is 10.2 Å². The zero-order valence-corrected chi connectivity index (χ0v) is 12.2. The van der Waals surface area contributed by atoms with Crippen molar-refractivity contribution >= 4 is 46.4 Å². The van der Waals surface area contributed by atoms with Crippen LogP contribution in [-0.4, -0.2) is 22.7 Å². The van der Waals surface area contributed by atoms with Crippen LogP contribution in [0.5, 0.6) is 0 Å². The Morgan fingerprint density at radius 3 is 2.45 bits per heavy atom. The summed E-state index contributed by atoms with van der Waals surface area (Å²) in [5, 5.41) is 2.78. The fraction of sp³-hybridized carbons (Fsp3) is 0.429. The van der Waals surface area contributed by atoms with Crippen LogP contribution in [0.2, 0.25) is 0 Å². The number of nitrogens with zero attached hydrogens (tertiary/aromatic N) is 1. The van der Waals surface area contributed by atoms with E-state index in [0.29, 0.717) is 18.5 Å². The molecular weight excluding hydrogens is 299 g/mol. The molecule has 20 heavy (non-hydrogen) atoms. The summed E-state index contributed by atoms with van der Waals surface area (Å²) in [6.45, 7) is 0.758. The second-order valence-electron chi connectivity index (χ2n) is 5.20. The number of benzene rings is 1. The van der Waals surface area contributed by atoms with E-state index in [9.17, 15) is 9.59 Å². The minimum Gasteiger partial charge on any atom is -0.326 e. The van der Waals surface area contributed by atoms with Gasteiger partial charge in [0.25, 0.3) is 0 Å². The van der Waals surface area contributed by atoms with Gasteiger partial charge in [0.2, 0.25) is 11.8 Å². The van der Waals surface area contributed by atoms with Gasteiger partial charge in [-0.1, -0.05) is 0 Å². The minimum atomic E-state index is -0.911. The number of hydrogen-bond acceptors (Lipinski definition) is 2. The Morgan fingerprint density at radius 1 is 1.30 bits per heavy atom. The second kappa shape index (κ2) is 4.93. The SMILES string of the molecule is O=C(Nc1ccc(N2CCCC2=O)cc1)C1CC1(Cl)Cl. The number of hydrogen-bond donors (Lipinski definition) is 1. The molecule has 1 aliphatic carbocycles. The van der Waals surface area contributed by atoms with Gasteiger partial charge in [0.1, 0.15) is 4.33 Å². The average Bonchev–Trinajstić information content (AvgIpc) is 2.84. The number of carbonyl (C=O) groups is 2. The first-order chi connectivity index (χ1) is 9.47. The summed E-state index contributed by atoms with van der Waals surface area (Å²) in [4.78, 5) is 25.2. The summed E-state index contributed by atoms with van der Waals surface area (Å²) in [5.41, 5.74) is 1.54. The first-order valence-corrected chi connectivity index (χ1v) is 7.32. The van der Waals surface area contributed by atoms with E-state index in [2.05, 4.69) is 5.32 Å². The highest BCUT2D eigenvalue weighted by molar-refractivity contribution is 6.52. The molecule has 0 aromatic heterocycles. The number of halogens is 2. The Bertz CT molecular complexity index is 557. The van der Waals surface area contributed by atoms with Crippen LogP contribution in [0.3, 0.4) is 0 Å². The summed E-state index contributed by atoms with van der Waals surface area (Å²) in [6, 6.07) is 7.23. The third-order valence-corrected chi connectivity index (χ3v) is 4.50. The van der Waals surface area contributed by atoms with Crippen LogP contribution >= 0.6 is 23.2 Å². The molecule has 3 rings (SSSR count). The van der Waals surface area contributed by atoms with Gasteiger partial charge in [-0.15, -0.1) is 23.2 Å². The van der Waals surface area contributed by atoms with Crippen molar-refractivity contribution < 1.29 is 9.59 Å². The van der Waals surface area contributed by atoms with E-state index in [-0.39, 0.29) is 17.7 Å². The molecule has 1 aliphatic heterocycles. The zero-order chi connectivity index (χ0) is 14.3. The highest BCUT2D eigenvalue weighted by atomic mass is 35.5. The molecule has 1 N–H and O–H groups in total. The third-order valence-electron chi connectivity index (χ3n) is 3.66. The fourth-order valence-electron chi connectivity index (χ4n) is 2.37. The molecule has 6 heteroatoms. The van der Waals surface area contributed by atoms with Gasteiger partial charge in [-0.3, -0.25) is 9.59 Å². The Kier molecular flexibility index (Phi) is 3.38. The summed E-state index contributed by atoms with van der Waals surface area (Å²) in [7, 11) is 0.